The summed E-state index contributed by atoms with van der Waals surface area (Å²) in [4.78, 5) is 2.41. The molecule has 12 heavy (non-hydrogen) atoms. The molecule has 0 bridgehead atoms. The third-order valence-corrected chi connectivity index (χ3v) is 2.50. The second-order valence-corrected chi connectivity index (χ2v) is 3.61. The lowest BCUT2D eigenvalue weighted by atomic mass is 10.1. The number of nitrogens with two attached hydrogens (primary N) is 1. The molecule has 3 heteroatoms. The summed E-state index contributed by atoms with van der Waals surface area (Å²) in [5, 5.41) is 8.67. The van der Waals surface area contributed by atoms with Gasteiger partial charge in [-0.25, -0.2) is 0 Å². The van der Waals surface area contributed by atoms with Crippen LogP contribution in [0, 0.1) is 0 Å². The molecule has 0 unspecified atom stereocenters. The van der Waals surface area contributed by atoms with Crippen LogP contribution in [0.25, 0.3) is 0 Å². The fourth-order valence-corrected chi connectivity index (χ4v) is 1.70. The SMILES string of the molecule is N[C@H]1CCCN(CCCO)CC1. The monoisotopic (exact) mass is 172 g/mol. The summed E-state index contributed by atoms with van der Waals surface area (Å²) in [5.41, 5.74) is 5.85. The molecule has 1 aliphatic rings. The van der Waals surface area contributed by atoms with Crippen LogP contribution in [0.15, 0.2) is 0 Å². The van der Waals surface area contributed by atoms with Gasteiger partial charge in [0.25, 0.3) is 0 Å². The summed E-state index contributed by atoms with van der Waals surface area (Å²) in [6.07, 6.45) is 4.39. The number of aliphatic hydroxyl groups is 1. The zero-order valence-corrected chi connectivity index (χ0v) is 7.71. The van der Waals surface area contributed by atoms with Crippen LogP contribution in [0.2, 0.25) is 0 Å². The highest BCUT2D eigenvalue weighted by Gasteiger charge is 2.12. The normalized spacial score (nSPS) is 27.0. The van der Waals surface area contributed by atoms with Gasteiger partial charge in [0.05, 0.1) is 0 Å². The van der Waals surface area contributed by atoms with Gasteiger partial charge in [0.15, 0.2) is 0 Å². The van der Waals surface area contributed by atoms with Crippen LogP contribution < -0.4 is 5.73 Å². The Kier molecular flexibility index (Phi) is 4.58. The van der Waals surface area contributed by atoms with Crippen molar-refractivity contribution in [3.63, 3.8) is 0 Å². The van der Waals surface area contributed by atoms with Gasteiger partial charge in [-0.15, -0.1) is 0 Å². The van der Waals surface area contributed by atoms with Crippen LogP contribution in [-0.2, 0) is 0 Å². The highest BCUT2D eigenvalue weighted by molar-refractivity contribution is 4.71. The van der Waals surface area contributed by atoms with Crippen molar-refractivity contribution in [1.29, 1.82) is 0 Å². The summed E-state index contributed by atoms with van der Waals surface area (Å²) in [5.74, 6) is 0. The summed E-state index contributed by atoms with van der Waals surface area (Å²) in [6, 6.07) is 0.407. The quantitative estimate of drug-likeness (QED) is 0.638. The number of nitrogens with zero attached hydrogens (tertiary/aromatic N) is 1. The smallest absolute Gasteiger partial charge is 0.0443 e. The van der Waals surface area contributed by atoms with E-state index in [-0.39, 0.29) is 0 Å². The average molecular weight is 172 g/mol. The van der Waals surface area contributed by atoms with Gasteiger partial charge < -0.3 is 15.7 Å². The minimum absolute atomic E-state index is 0.308. The Morgan fingerprint density at radius 2 is 2.17 bits per heavy atom. The van der Waals surface area contributed by atoms with Crippen molar-refractivity contribution < 1.29 is 5.11 Å². The van der Waals surface area contributed by atoms with E-state index in [1.54, 1.807) is 0 Å². The van der Waals surface area contributed by atoms with Crippen molar-refractivity contribution in [2.24, 2.45) is 5.73 Å². The molecule has 72 valence electrons. The number of hydrogen-bond acceptors (Lipinski definition) is 3. The minimum atomic E-state index is 0.308. The lowest BCUT2D eigenvalue weighted by Crippen LogP contribution is -2.28. The van der Waals surface area contributed by atoms with Crippen LogP contribution in [0.5, 0.6) is 0 Å². The van der Waals surface area contributed by atoms with E-state index in [0.29, 0.717) is 12.6 Å². The number of hydrogen-bond donors (Lipinski definition) is 2. The molecule has 1 atom stereocenters. The molecule has 3 N–H and O–H groups in total. The molecule has 1 fully saturated rings. The van der Waals surface area contributed by atoms with Crippen molar-refractivity contribution in [3.8, 4) is 0 Å². The van der Waals surface area contributed by atoms with Gasteiger partial charge in [0.2, 0.25) is 0 Å². The van der Waals surface area contributed by atoms with Gasteiger partial charge in [-0.3, -0.25) is 0 Å². The highest BCUT2D eigenvalue weighted by Crippen LogP contribution is 2.08. The van der Waals surface area contributed by atoms with Gasteiger partial charge in [-0.1, -0.05) is 0 Å². The Balaban J connectivity index is 2.17. The van der Waals surface area contributed by atoms with Crippen molar-refractivity contribution in [2.45, 2.75) is 31.7 Å². The van der Waals surface area contributed by atoms with E-state index in [2.05, 4.69) is 4.90 Å². The molecule has 0 saturated carbocycles. The molecule has 0 radical (unpaired) electrons. The minimum Gasteiger partial charge on any atom is -0.396 e. The van der Waals surface area contributed by atoms with Crippen molar-refractivity contribution in [3.05, 3.63) is 0 Å². The molecule has 3 nitrogen and oxygen atoms in total. The Morgan fingerprint density at radius 3 is 2.92 bits per heavy atom. The standard InChI is InChI=1S/C9H20N2O/c10-9-3-1-5-11(7-4-9)6-2-8-12/h9,12H,1-8,10H2/t9-/m0/s1. The third-order valence-electron chi connectivity index (χ3n) is 2.50. The molecule has 1 rings (SSSR count). The van der Waals surface area contributed by atoms with Crippen molar-refractivity contribution >= 4 is 0 Å². The van der Waals surface area contributed by atoms with E-state index in [1.165, 1.54) is 6.42 Å². The molecule has 0 amide bonds. The average Bonchev–Trinajstić information content (AvgIpc) is 2.27. The molecule has 0 aliphatic carbocycles. The van der Waals surface area contributed by atoms with Crippen molar-refractivity contribution in [1.82, 2.24) is 4.90 Å². The maximum Gasteiger partial charge on any atom is 0.0443 e. The molecule has 0 aromatic heterocycles. The second kappa shape index (κ2) is 5.51. The largest absolute Gasteiger partial charge is 0.396 e. The van der Waals surface area contributed by atoms with Crippen molar-refractivity contribution in [2.75, 3.05) is 26.2 Å². The molecule has 0 spiro atoms. The Labute approximate surface area is 74.5 Å². The highest BCUT2D eigenvalue weighted by atomic mass is 16.3. The number of likely N-dealkylation sites (tertiary alicyclic amines) is 1. The predicted molar refractivity (Wildman–Crippen MR) is 50.0 cm³/mol. The zero-order chi connectivity index (χ0) is 8.81. The lowest BCUT2D eigenvalue weighted by molar-refractivity contribution is 0.228. The van der Waals surface area contributed by atoms with E-state index in [4.69, 9.17) is 10.8 Å². The van der Waals surface area contributed by atoms with Gasteiger partial charge in [0.1, 0.15) is 0 Å². The van der Waals surface area contributed by atoms with E-state index < -0.39 is 0 Å². The molecule has 0 aromatic carbocycles. The second-order valence-electron chi connectivity index (χ2n) is 3.61. The van der Waals surface area contributed by atoms with Gasteiger partial charge >= 0.3 is 0 Å². The third kappa shape index (κ3) is 3.52. The Morgan fingerprint density at radius 1 is 1.33 bits per heavy atom. The van der Waals surface area contributed by atoms with Gasteiger partial charge in [-0.2, -0.15) is 0 Å². The maximum atomic E-state index is 8.67. The molecule has 1 saturated heterocycles. The Bertz CT molecular complexity index is 117. The van der Waals surface area contributed by atoms with Crippen LogP contribution in [0.4, 0.5) is 0 Å². The van der Waals surface area contributed by atoms with E-state index in [9.17, 15) is 0 Å². The summed E-state index contributed by atoms with van der Waals surface area (Å²) < 4.78 is 0. The summed E-state index contributed by atoms with van der Waals surface area (Å²) >= 11 is 0. The topological polar surface area (TPSA) is 49.5 Å². The molecule has 1 heterocycles. The molecular formula is C9H20N2O. The first-order valence-electron chi connectivity index (χ1n) is 4.91. The van der Waals surface area contributed by atoms with Gasteiger partial charge in [0, 0.05) is 19.2 Å². The first kappa shape index (κ1) is 9.96. The van der Waals surface area contributed by atoms with E-state index in [1.807, 2.05) is 0 Å². The van der Waals surface area contributed by atoms with Crippen LogP contribution in [-0.4, -0.2) is 42.3 Å². The number of rotatable bonds is 3. The van der Waals surface area contributed by atoms with E-state index >= 15 is 0 Å². The summed E-state index contributed by atoms with van der Waals surface area (Å²) in [6.45, 7) is 3.61. The van der Waals surface area contributed by atoms with Crippen LogP contribution in [0.1, 0.15) is 25.7 Å². The van der Waals surface area contributed by atoms with Gasteiger partial charge in [-0.05, 0) is 38.8 Å². The summed E-state index contributed by atoms with van der Waals surface area (Å²) in [7, 11) is 0. The fraction of sp³-hybridized carbons (Fsp3) is 1.00. The van der Waals surface area contributed by atoms with Crippen LogP contribution in [0.3, 0.4) is 0 Å². The molecular weight excluding hydrogens is 152 g/mol. The van der Waals surface area contributed by atoms with Crippen LogP contribution >= 0.6 is 0 Å². The first-order valence-corrected chi connectivity index (χ1v) is 4.91. The lowest BCUT2D eigenvalue weighted by Gasteiger charge is -2.18. The molecule has 0 aromatic rings. The fourth-order valence-electron chi connectivity index (χ4n) is 1.70. The zero-order valence-electron chi connectivity index (χ0n) is 7.71. The Hall–Kier alpha value is -0.120. The maximum absolute atomic E-state index is 8.67. The molecule has 1 aliphatic heterocycles. The van der Waals surface area contributed by atoms with E-state index in [0.717, 1.165) is 38.9 Å². The predicted octanol–water partition coefficient (Wildman–Crippen LogP) is 0.182. The number of aliphatic hydroxyl groups excluding tert-OH is 1. The first-order chi connectivity index (χ1) is 5.83.